The van der Waals surface area contributed by atoms with E-state index in [1.807, 2.05) is 30.3 Å². The highest BCUT2D eigenvalue weighted by molar-refractivity contribution is 9.10. The fourth-order valence-electron chi connectivity index (χ4n) is 2.03. The topological polar surface area (TPSA) is 12.9 Å². The van der Waals surface area contributed by atoms with Gasteiger partial charge < -0.3 is 0 Å². The van der Waals surface area contributed by atoms with Crippen molar-refractivity contribution in [3.05, 3.63) is 63.7 Å². The third-order valence-electron chi connectivity index (χ3n) is 2.83. The van der Waals surface area contributed by atoms with Crippen LogP contribution < -0.4 is 0 Å². The lowest BCUT2D eigenvalue weighted by Crippen LogP contribution is -1.86. The van der Waals surface area contributed by atoms with Crippen LogP contribution in [0.2, 0.25) is 0 Å². The fraction of sp³-hybridized carbons (Fsp3) is 0. The summed E-state index contributed by atoms with van der Waals surface area (Å²) >= 11 is 6.96. The molecule has 3 rings (SSSR count). The van der Waals surface area contributed by atoms with Crippen molar-refractivity contribution in [2.45, 2.75) is 0 Å². The molecule has 1 nitrogen and oxygen atoms in total. The largest absolute Gasteiger partial charge is 0.241 e. The molecule has 0 spiro atoms. The summed E-state index contributed by atoms with van der Waals surface area (Å²) in [6, 6.07) is 18.6. The van der Waals surface area contributed by atoms with Crippen LogP contribution >= 0.6 is 31.9 Å². The molecule has 1 heterocycles. The van der Waals surface area contributed by atoms with Gasteiger partial charge in [-0.15, -0.1) is 0 Å². The summed E-state index contributed by atoms with van der Waals surface area (Å²) in [6.45, 7) is 0. The van der Waals surface area contributed by atoms with Crippen LogP contribution in [-0.4, -0.2) is 4.98 Å². The van der Waals surface area contributed by atoms with Crippen LogP contribution in [-0.2, 0) is 0 Å². The van der Waals surface area contributed by atoms with Crippen molar-refractivity contribution in [1.29, 1.82) is 0 Å². The van der Waals surface area contributed by atoms with E-state index in [-0.39, 0.29) is 0 Å². The van der Waals surface area contributed by atoms with Gasteiger partial charge in [-0.2, -0.15) is 0 Å². The van der Waals surface area contributed by atoms with Gasteiger partial charge in [0.15, 0.2) is 0 Å². The minimum atomic E-state index is 0.854. The summed E-state index contributed by atoms with van der Waals surface area (Å²) in [5.41, 5.74) is 3.38. The van der Waals surface area contributed by atoms with Crippen molar-refractivity contribution in [2.24, 2.45) is 0 Å². The van der Waals surface area contributed by atoms with Crippen molar-refractivity contribution >= 4 is 42.8 Å². The zero-order chi connectivity index (χ0) is 12.5. The van der Waals surface area contributed by atoms with Gasteiger partial charge in [0, 0.05) is 9.86 Å². The lowest BCUT2D eigenvalue weighted by atomic mass is 10.0. The van der Waals surface area contributed by atoms with E-state index in [9.17, 15) is 0 Å². The molecule has 0 aliphatic rings. The van der Waals surface area contributed by atoms with E-state index in [0.29, 0.717) is 0 Å². The molecular formula is C15H9Br2N. The molecular weight excluding hydrogens is 354 g/mol. The number of rotatable bonds is 1. The van der Waals surface area contributed by atoms with E-state index in [1.54, 1.807) is 0 Å². The summed E-state index contributed by atoms with van der Waals surface area (Å²) in [5, 5.41) is 1.16. The van der Waals surface area contributed by atoms with Crippen molar-refractivity contribution < 1.29 is 0 Å². The first kappa shape index (κ1) is 11.9. The Morgan fingerprint density at radius 2 is 1.61 bits per heavy atom. The summed E-state index contributed by atoms with van der Waals surface area (Å²) in [4.78, 5) is 4.51. The van der Waals surface area contributed by atoms with Crippen LogP contribution in [0.5, 0.6) is 0 Å². The second kappa shape index (κ2) is 4.82. The number of aromatic nitrogens is 1. The van der Waals surface area contributed by atoms with Gasteiger partial charge in [0.2, 0.25) is 0 Å². The standard InChI is InChI=1S/C15H9Br2N/c16-11-6-7-12-13(10-4-2-1-3-5-10)9-15(17)18-14(12)8-11/h1-9H. The lowest BCUT2D eigenvalue weighted by Gasteiger charge is -2.07. The fourth-order valence-corrected chi connectivity index (χ4v) is 2.79. The maximum absolute atomic E-state index is 4.51. The smallest absolute Gasteiger partial charge is 0.107 e. The third-order valence-corrected chi connectivity index (χ3v) is 3.72. The van der Waals surface area contributed by atoms with Gasteiger partial charge >= 0.3 is 0 Å². The molecule has 0 bridgehead atoms. The van der Waals surface area contributed by atoms with Crippen LogP contribution in [0.3, 0.4) is 0 Å². The Balaban J connectivity index is 2.35. The first-order valence-corrected chi connectivity index (χ1v) is 7.14. The van der Waals surface area contributed by atoms with E-state index in [1.165, 1.54) is 11.1 Å². The number of benzene rings is 2. The first-order chi connectivity index (χ1) is 8.74. The second-order valence-electron chi connectivity index (χ2n) is 4.02. The number of halogens is 2. The Morgan fingerprint density at radius 3 is 2.39 bits per heavy atom. The Bertz CT molecular complexity index is 703. The van der Waals surface area contributed by atoms with Gasteiger partial charge in [-0.05, 0) is 45.3 Å². The van der Waals surface area contributed by atoms with Crippen molar-refractivity contribution in [2.75, 3.05) is 0 Å². The molecule has 0 fully saturated rings. The van der Waals surface area contributed by atoms with Crippen LogP contribution in [0.15, 0.2) is 63.7 Å². The van der Waals surface area contributed by atoms with E-state index in [2.05, 4.69) is 61.1 Å². The van der Waals surface area contributed by atoms with Crippen LogP contribution in [0.25, 0.3) is 22.0 Å². The molecule has 0 atom stereocenters. The van der Waals surface area contributed by atoms with Gasteiger partial charge in [-0.25, -0.2) is 4.98 Å². The minimum absolute atomic E-state index is 0.854. The highest BCUT2D eigenvalue weighted by atomic mass is 79.9. The summed E-state index contributed by atoms with van der Waals surface area (Å²) in [7, 11) is 0. The predicted octanol–water partition coefficient (Wildman–Crippen LogP) is 5.43. The molecule has 0 saturated heterocycles. The maximum Gasteiger partial charge on any atom is 0.107 e. The molecule has 0 unspecified atom stereocenters. The number of hydrogen-bond acceptors (Lipinski definition) is 1. The van der Waals surface area contributed by atoms with E-state index >= 15 is 0 Å². The molecule has 0 aliphatic heterocycles. The average Bonchev–Trinajstić information content (AvgIpc) is 2.38. The first-order valence-electron chi connectivity index (χ1n) is 5.55. The average molecular weight is 363 g/mol. The van der Waals surface area contributed by atoms with Gasteiger partial charge in [0.05, 0.1) is 5.52 Å². The van der Waals surface area contributed by atoms with Crippen LogP contribution in [0.4, 0.5) is 0 Å². The monoisotopic (exact) mass is 361 g/mol. The molecule has 0 aliphatic carbocycles. The van der Waals surface area contributed by atoms with Gasteiger partial charge in [-0.1, -0.05) is 52.3 Å². The molecule has 0 radical (unpaired) electrons. The molecule has 2 aromatic carbocycles. The second-order valence-corrected chi connectivity index (χ2v) is 5.75. The molecule has 88 valence electrons. The van der Waals surface area contributed by atoms with Crippen molar-refractivity contribution in [3.63, 3.8) is 0 Å². The van der Waals surface area contributed by atoms with Crippen LogP contribution in [0.1, 0.15) is 0 Å². The van der Waals surface area contributed by atoms with Gasteiger partial charge in [0.25, 0.3) is 0 Å². The lowest BCUT2D eigenvalue weighted by molar-refractivity contribution is 1.35. The van der Waals surface area contributed by atoms with Crippen LogP contribution in [0, 0.1) is 0 Å². The zero-order valence-electron chi connectivity index (χ0n) is 9.40. The Morgan fingerprint density at radius 1 is 0.833 bits per heavy atom. The SMILES string of the molecule is Brc1ccc2c(-c3ccccc3)cc(Br)nc2c1. The molecule has 18 heavy (non-hydrogen) atoms. The molecule has 0 saturated carbocycles. The Hall–Kier alpha value is -1.19. The summed E-state index contributed by atoms with van der Waals surface area (Å²) in [6.07, 6.45) is 0. The molecule has 0 N–H and O–H groups in total. The molecule has 3 heteroatoms. The highest BCUT2D eigenvalue weighted by Gasteiger charge is 2.06. The van der Waals surface area contributed by atoms with Gasteiger partial charge in [-0.3, -0.25) is 0 Å². The van der Waals surface area contributed by atoms with Crippen molar-refractivity contribution in [1.82, 2.24) is 4.98 Å². The van der Waals surface area contributed by atoms with E-state index in [4.69, 9.17) is 0 Å². The summed E-state index contributed by atoms with van der Waals surface area (Å²) < 4.78 is 1.89. The normalized spacial score (nSPS) is 10.8. The number of nitrogens with zero attached hydrogens (tertiary/aromatic N) is 1. The zero-order valence-corrected chi connectivity index (χ0v) is 12.6. The minimum Gasteiger partial charge on any atom is -0.241 e. The third kappa shape index (κ3) is 2.20. The Kier molecular flexibility index (Phi) is 3.18. The maximum atomic E-state index is 4.51. The van der Waals surface area contributed by atoms with E-state index < -0.39 is 0 Å². The quantitative estimate of drug-likeness (QED) is 0.526. The molecule has 3 aromatic rings. The van der Waals surface area contributed by atoms with Crippen molar-refractivity contribution in [3.8, 4) is 11.1 Å². The predicted molar refractivity (Wildman–Crippen MR) is 82.6 cm³/mol. The summed E-state index contributed by atoms with van der Waals surface area (Å²) in [5.74, 6) is 0. The number of fused-ring (bicyclic) bond motifs is 1. The molecule has 0 amide bonds. The number of pyridine rings is 1. The van der Waals surface area contributed by atoms with Gasteiger partial charge in [0.1, 0.15) is 4.60 Å². The van der Waals surface area contributed by atoms with E-state index in [0.717, 1.165) is 20.0 Å². The highest BCUT2D eigenvalue weighted by Crippen LogP contribution is 2.31. The molecule has 1 aromatic heterocycles. The number of hydrogen-bond donors (Lipinski definition) is 0. The Labute approximate surface area is 122 Å².